The van der Waals surface area contributed by atoms with Crippen molar-refractivity contribution in [3.05, 3.63) is 36.0 Å². The summed E-state index contributed by atoms with van der Waals surface area (Å²) >= 11 is 0. The van der Waals surface area contributed by atoms with E-state index in [2.05, 4.69) is 49.8 Å². The molecule has 2 aromatic rings. The van der Waals surface area contributed by atoms with Gasteiger partial charge in [0, 0.05) is 42.8 Å². The van der Waals surface area contributed by atoms with Crippen molar-refractivity contribution >= 4 is 23.1 Å². The number of piperidine rings is 1. The van der Waals surface area contributed by atoms with Gasteiger partial charge in [-0.1, -0.05) is 6.07 Å². The second kappa shape index (κ2) is 7.31. The summed E-state index contributed by atoms with van der Waals surface area (Å²) in [5.74, 6) is 1.51. The molecule has 0 unspecified atom stereocenters. The molecule has 5 heteroatoms. The standard InChI is InChI=1S/C18H25N5/c1-3-19-18-20-13-14(2)17(22-18)21-15-8-7-9-16(12-15)23-10-5-4-6-11-23/h7-9,12-13H,3-6,10-11H2,1-2H3,(H2,19,20,21,22). The van der Waals surface area contributed by atoms with Gasteiger partial charge < -0.3 is 15.5 Å². The van der Waals surface area contributed by atoms with Gasteiger partial charge in [-0.05, 0) is 51.3 Å². The lowest BCUT2D eigenvalue weighted by molar-refractivity contribution is 0.578. The van der Waals surface area contributed by atoms with Crippen LogP contribution in [-0.4, -0.2) is 29.6 Å². The fraction of sp³-hybridized carbons (Fsp3) is 0.444. The number of benzene rings is 1. The maximum Gasteiger partial charge on any atom is 0.224 e. The second-order valence-corrected chi connectivity index (χ2v) is 5.98. The van der Waals surface area contributed by atoms with Crippen LogP contribution < -0.4 is 15.5 Å². The fourth-order valence-electron chi connectivity index (χ4n) is 2.88. The van der Waals surface area contributed by atoms with Crippen molar-refractivity contribution in [2.75, 3.05) is 35.2 Å². The molecule has 0 bridgehead atoms. The molecule has 0 spiro atoms. The van der Waals surface area contributed by atoms with Gasteiger partial charge in [-0.3, -0.25) is 0 Å². The summed E-state index contributed by atoms with van der Waals surface area (Å²) in [7, 11) is 0. The van der Waals surface area contributed by atoms with Crippen molar-refractivity contribution < 1.29 is 0 Å². The number of aryl methyl sites for hydroxylation is 1. The number of anilines is 4. The number of aromatic nitrogens is 2. The van der Waals surface area contributed by atoms with Crippen LogP contribution in [0.4, 0.5) is 23.1 Å². The average Bonchev–Trinajstić information content (AvgIpc) is 2.59. The van der Waals surface area contributed by atoms with Crippen LogP contribution >= 0.6 is 0 Å². The molecule has 1 saturated heterocycles. The molecule has 1 aliphatic heterocycles. The van der Waals surface area contributed by atoms with Gasteiger partial charge in [-0.2, -0.15) is 4.98 Å². The van der Waals surface area contributed by atoms with Crippen LogP contribution in [0.3, 0.4) is 0 Å². The molecule has 1 aromatic heterocycles. The molecule has 0 aliphatic carbocycles. The Kier molecular flexibility index (Phi) is 4.95. The van der Waals surface area contributed by atoms with Crippen LogP contribution in [0.25, 0.3) is 0 Å². The van der Waals surface area contributed by atoms with E-state index < -0.39 is 0 Å². The summed E-state index contributed by atoms with van der Waals surface area (Å²) in [4.78, 5) is 11.3. The topological polar surface area (TPSA) is 53.1 Å². The fourth-order valence-corrected chi connectivity index (χ4v) is 2.88. The molecule has 2 N–H and O–H groups in total. The normalized spacial score (nSPS) is 14.6. The highest BCUT2D eigenvalue weighted by Crippen LogP contribution is 2.25. The van der Waals surface area contributed by atoms with Crippen LogP contribution in [-0.2, 0) is 0 Å². The lowest BCUT2D eigenvalue weighted by Crippen LogP contribution is -2.29. The minimum absolute atomic E-state index is 0.660. The summed E-state index contributed by atoms with van der Waals surface area (Å²) in [5.41, 5.74) is 3.39. The smallest absolute Gasteiger partial charge is 0.224 e. The van der Waals surface area contributed by atoms with E-state index in [1.807, 2.05) is 20.0 Å². The van der Waals surface area contributed by atoms with Crippen molar-refractivity contribution in [2.24, 2.45) is 0 Å². The monoisotopic (exact) mass is 311 g/mol. The number of hydrogen-bond acceptors (Lipinski definition) is 5. The molecule has 0 amide bonds. The van der Waals surface area contributed by atoms with Gasteiger partial charge in [-0.15, -0.1) is 0 Å². The molecule has 122 valence electrons. The first kappa shape index (κ1) is 15.6. The van der Waals surface area contributed by atoms with Crippen LogP contribution in [0.15, 0.2) is 30.5 Å². The highest BCUT2D eigenvalue weighted by atomic mass is 15.1. The van der Waals surface area contributed by atoms with Crippen molar-refractivity contribution in [3.63, 3.8) is 0 Å². The zero-order valence-corrected chi connectivity index (χ0v) is 14.0. The zero-order chi connectivity index (χ0) is 16.1. The van der Waals surface area contributed by atoms with Gasteiger partial charge in [0.05, 0.1) is 0 Å². The Hall–Kier alpha value is -2.30. The third-order valence-corrected chi connectivity index (χ3v) is 4.14. The first-order chi connectivity index (χ1) is 11.3. The maximum atomic E-state index is 4.55. The molecule has 1 aromatic carbocycles. The van der Waals surface area contributed by atoms with Gasteiger partial charge in [0.2, 0.25) is 5.95 Å². The summed E-state index contributed by atoms with van der Waals surface area (Å²) in [6.45, 7) is 7.18. The van der Waals surface area contributed by atoms with E-state index in [1.54, 1.807) is 0 Å². The lowest BCUT2D eigenvalue weighted by atomic mass is 10.1. The van der Waals surface area contributed by atoms with Gasteiger partial charge in [-0.25, -0.2) is 4.98 Å². The van der Waals surface area contributed by atoms with Crippen LogP contribution in [0.2, 0.25) is 0 Å². The molecule has 2 heterocycles. The van der Waals surface area contributed by atoms with E-state index in [-0.39, 0.29) is 0 Å². The average molecular weight is 311 g/mol. The molecule has 1 aliphatic rings. The molecule has 1 fully saturated rings. The Morgan fingerprint density at radius 2 is 2.00 bits per heavy atom. The number of hydrogen-bond donors (Lipinski definition) is 2. The van der Waals surface area contributed by atoms with Crippen molar-refractivity contribution in [1.82, 2.24) is 9.97 Å². The van der Waals surface area contributed by atoms with Crippen molar-refractivity contribution in [2.45, 2.75) is 33.1 Å². The van der Waals surface area contributed by atoms with Gasteiger partial charge in [0.15, 0.2) is 0 Å². The van der Waals surface area contributed by atoms with Gasteiger partial charge >= 0.3 is 0 Å². The van der Waals surface area contributed by atoms with Crippen molar-refractivity contribution in [1.29, 1.82) is 0 Å². The van der Waals surface area contributed by atoms with E-state index in [0.717, 1.165) is 36.7 Å². The molecule has 23 heavy (non-hydrogen) atoms. The summed E-state index contributed by atoms with van der Waals surface area (Å²) in [6.07, 6.45) is 5.77. The minimum atomic E-state index is 0.660. The van der Waals surface area contributed by atoms with Crippen molar-refractivity contribution in [3.8, 4) is 0 Å². The van der Waals surface area contributed by atoms with E-state index in [0.29, 0.717) is 5.95 Å². The minimum Gasteiger partial charge on any atom is -0.371 e. The summed E-state index contributed by atoms with van der Waals surface area (Å²) in [5, 5.41) is 6.59. The Balaban J connectivity index is 1.78. The van der Waals surface area contributed by atoms with Crippen LogP contribution in [0.5, 0.6) is 0 Å². The van der Waals surface area contributed by atoms with E-state index in [9.17, 15) is 0 Å². The second-order valence-electron chi connectivity index (χ2n) is 5.98. The highest BCUT2D eigenvalue weighted by Gasteiger charge is 2.11. The van der Waals surface area contributed by atoms with Gasteiger partial charge in [0.25, 0.3) is 0 Å². The molecule has 3 rings (SSSR count). The first-order valence-corrected chi connectivity index (χ1v) is 8.46. The number of nitrogens with one attached hydrogen (secondary N) is 2. The largest absolute Gasteiger partial charge is 0.371 e. The number of rotatable bonds is 5. The molecular weight excluding hydrogens is 286 g/mol. The van der Waals surface area contributed by atoms with Gasteiger partial charge in [0.1, 0.15) is 5.82 Å². The molecule has 0 saturated carbocycles. The zero-order valence-electron chi connectivity index (χ0n) is 14.0. The summed E-state index contributed by atoms with van der Waals surface area (Å²) in [6, 6.07) is 8.59. The first-order valence-electron chi connectivity index (χ1n) is 8.46. The Morgan fingerprint density at radius 1 is 1.17 bits per heavy atom. The van der Waals surface area contributed by atoms with E-state index in [4.69, 9.17) is 0 Å². The van der Waals surface area contributed by atoms with Crippen LogP contribution in [0, 0.1) is 6.92 Å². The molecule has 5 nitrogen and oxygen atoms in total. The lowest BCUT2D eigenvalue weighted by Gasteiger charge is -2.29. The predicted octanol–water partition coefficient (Wildman–Crippen LogP) is 3.95. The third-order valence-electron chi connectivity index (χ3n) is 4.14. The molecular formula is C18H25N5. The number of nitrogens with zero attached hydrogens (tertiary/aromatic N) is 3. The highest BCUT2D eigenvalue weighted by molar-refractivity contribution is 5.65. The Bertz CT molecular complexity index is 650. The maximum absolute atomic E-state index is 4.55. The quantitative estimate of drug-likeness (QED) is 0.875. The SMILES string of the molecule is CCNc1ncc(C)c(Nc2cccc(N3CCCCC3)c2)n1. The molecule has 0 radical (unpaired) electrons. The predicted molar refractivity (Wildman–Crippen MR) is 96.7 cm³/mol. The van der Waals surface area contributed by atoms with E-state index in [1.165, 1.54) is 24.9 Å². The van der Waals surface area contributed by atoms with E-state index >= 15 is 0 Å². The summed E-state index contributed by atoms with van der Waals surface area (Å²) < 4.78 is 0. The Morgan fingerprint density at radius 3 is 2.78 bits per heavy atom. The third kappa shape index (κ3) is 3.92. The molecule has 0 atom stereocenters. The Labute approximate surface area is 138 Å². The van der Waals surface area contributed by atoms with Crippen LogP contribution in [0.1, 0.15) is 31.7 Å².